The van der Waals surface area contributed by atoms with Crippen molar-refractivity contribution in [2.24, 2.45) is 0 Å². The summed E-state index contributed by atoms with van der Waals surface area (Å²) in [5.74, 6) is -2.70. The summed E-state index contributed by atoms with van der Waals surface area (Å²) in [6, 6.07) is 5.72. The van der Waals surface area contributed by atoms with Crippen LogP contribution in [0.3, 0.4) is 0 Å². The normalized spacial score (nSPS) is 23.3. The molecule has 1 saturated heterocycles. The first-order valence-electron chi connectivity index (χ1n) is 11.8. The fourth-order valence-electron chi connectivity index (χ4n) is 4.42. The maximum Gasteiger partial charge on any atom is 0.274 e. The van der Waals surface area contributed by atoms with Gasteiger partial charge in [-0.05, 0) is 50.1 Å². The zero-order valence-electron chi connectivity index (χ0n) is 20.9. The molecule has 4 rings (SSSR count). The average molecular weight is 571 g/mol. The molecule has 3 N–H and O–H groups in total. The Morgan fingerprint density at radius 2 is 1.97 bits per heavy atom. The van der Waals surface area contributed by atoms with Crippen LogP contribution in [0.2, 0.25) is 0 Å². The molecule has 2 heterocycles. The van der Waals surface area contributed by atoms with Crippen molar-refractivity contribution >= 4 is 37.6 Å². The van der Waals surface area contributed by atoms with Crippen LogP contribution in [-0.2, 0) is 25.6 Å². The number of nitrogens with zero attached hydrogens (tertiary/aromatic N) is 3. The third kappa shape index (κ3) is 4.97. The van der Waals surface area contributed by atoms with Gasteiger partial charge in [-0.15, -0.1) is 0 Å². The van der Waals surface area contributed by atoms with Gasteiger partial charge >= 0.3 is 0 Å². The second-order valence-electron chi connectivity index (χ2n) is 9.38. The van der Waals surface area contributed by atoms with Crippen molar-refractivity contribution in [2.75, 3.05) is 25.5 Å². The highest BCUT2D eigenvalue weighted by Gasteiger charge is 2.54. The van der Waals surface area contributed by atoms with E-state index in [1.54, 1.807) is 6.92 Å². The third-order valence-corrected chi connectivity index (χ3v) is 11.6. The molecule has 1 aliphatic heterocycles. The van der Waals surface area contributed by atoms with Crippen LogP contribution in [0.1, 0.15) is 42.7 Å². The average Bonchev–Trinajstić information content (AvgIpc) is 3.70. The number of hydrogen-bond donors (Lipinski definition) is 3. The Bertz CT molecular complexity index is 1480. The van der Waals surface area contributed by atoms with Gasteiger partial charge in [-0.1, -0.05) is 6.92 Å². The second-order valence-corrected chi connectivity index (χ2v) is 13.7. The van der Waals surface area contributed by atoms with Crippen LogP contribution < -0.4 is 10.6 Å². The number of anilines is 1. The summed E-state index contributed by atoms with van der Waals surface area (Å²) >= 11 is 0. The summed E-state index contributed by atoms with van der Waals surface area (Å²) in [6.07, 6.45) is 1.83. The quantitative estimate of drug-likeness (QED) is 0.438. The van der Waals surface area contributed by atoms with Gasteiger partial charge in [0.1, 0.15) is 22.6 Å². The minimum absolute atomic E-state index is 0.00530. The summed E-state index contributed by atoms with van der Waals surface area (Å²) in [5, 5.41) is 11.4. The van der Waals surface area contributed by atoms with E-state index in [0.717, 1.165) is 29.7 Å². The van der Waals surface area contributed by atoms with Gasteiger partial charge in [-0.3, -0.25) is 10.2 Å². The molecule has 2 atom stereocenters. The number of halogens is 2. The van der Waals surface area contributed by atoms with E-state index in [9.17, 15) is 26.0 Å². The maximum absolute atomic E-state index is 15.3. The highest BCUT2D eigenvalue weighted by atomic mass is 32.2. The van der Waals surface area contributed by atoms with Crippen molar-refractivity contribution in [2.45, 2.75) is 42.7 Å². The second kappa shape index (κ2) is 9.85. The highest BCUT2D eigenvalue weighted by Crippen LogP contribution is 2.39. The molecule has 38 heavy (non-hydrogen) atoms. The Morgan fingerprint density at radius 3 is 2.55 bits per heavy atom. The Kier molecular flexibility index (Phi) is 7.22. The first-order chi connectivity index (χ1) is 17.7. The van der Waals surface area contributed by atoms with Crippen LogP contribution in [0.4, 0.5) is 14.5 Å². The summed E-state index contributed by atoms with van der Waals surface area (Å²) in [4.78, 5) is 16.3. The number of nitrogens with one attached hydrogen (secondary N) is 3. The number of carbonyl (C=O) groups is 1. The molecular formula is C23H28F2N6O5S2. The lowest BCUT2D eigenvalue weighted by molar-refractivity contribution is 0.102. The number of sulfonamides is 2. The lowest BCUT2D eigenvalue weighted by Gasteiger charge is -2.47. The number of pyridine rings is 1. The Labute approximate surface area is 219 Å². The summed E-state index contributed by atoms with van der Waals surface area (Å²) < 4.78 is 83.4. The van der Waals surface area contributed by atoms with Gasteiger partial charge in [0.15, 0.2) is 0 Å². The molecule has 2 aromatic rings. The molecule has 0 radical (unpaired) electrons. The van der Waals surface area contributed by atoms with Gasteiger partial charge < -0.3 is 10.6 Å². The molecular weight excluding hydrogens is 542 g/mol. The first kappa shape index (κ1) is 27.9. The van der Waals surface area contributed by atoms with E-state index in [1.807, 2.05) is 0 Å². The molecule has 0 unspecified atom stereocenters. The Balaban J connectivity index is 1.75. The Morgan fingerprint density at radius 1 is 1.29 bits per heavy atom. The van der Waals surface area contributed by atoms with Crippen LogP contribution in [0, 0.1) is 17.0 Å². The van der Waals surface area contributed by atoms with Crippen LogP contribution in [0.25, 0.3) is 0 Å². The van der Waals surface area contributed by atoms with Gasteiger partial charge in [0, 0.05) is 31.4 Å². The molecule has 206 valence electrons. The Hall–Kier alpha value is -3.17. The van der Waals surface area contributed by atoms with Crippen LogP contribution >= 0.6 is 0 Å². The summed E-state index contributed by atoms with van der Waals surface area (Å²) in [7, 11) is -6.95. The molecule has 11 nitrogen and oxygen atoms in total. The number of aromatic nitrogens is 1. The predicted octanol–water partition coefficient (Wildman–Crippen LogP) is 1.81. The van der Waals surface area contributed by atoms with Crippen LogP contribution in [0.5, 0.6) is 0 Å². The number of benzene rings is 1. The SMILES string of the molecule is CCN(C[C@H]1[C@@](C)(c2cc(NC(=O)c3ccc(F)cn3)ccc2F)NC(=N)N(C)S1(=O)=O)S(=O)(=O)C1CC1. The van der Waals surface area contributed by atoms with Gasteiger partial charge in [-0.2, -0.15) is 0 Å². The van der Waals surface area contributed by atoms with E-state index in [1.165, 1.54) is 25.1 Å². The van der Waals surface area contributed by atoms with E-state index >= 15 is 4.39 Å². The zero-order chi connectivity index (χ0) is 28.0. The van der Waals surface area contributed by atoms with Crippen LogP contribution in [0.15, 0.2) is 36.5 Å². The van der Waals surface area contributed by atoms with E-state index < -0.39 is 66.1 Å². The largest absolute Gasteiger partial charge is 0.345 e. The fourth-order valence-corrected chi connectivity index (χ4v) is 8.22. The predicted molar refractivity (Wildman–Crippen MR) is 136 cm³/mol. The summed E-state index contributed by atoms with van der Waals surface area (Å²) in [5.41, 5.74) is -2.02. The molecule has 1 aromatic heterocycles. The van der Waals surface area contributed by atoms with Crippen molar-refractivity contribution in [3.8, 4) is 0 Å². The van der Waals surface area contributed by atoms with E-state index in [2.05, 4.69) is 15.6 Å². The third-order valence-electron chi connectivity index (χ3n) is 6.85. The highest BCUT2D eigenvalue weighted by molar-refractivity contribution is 7.91. The molecule has 2 fully saturated rings. The van der Waals surface area contributed by atoms with Crippen molar-refractivity contribution < 1.29 is 30.4 Å². The van der Waals surface area contributed by atoms with Gasteiger partial charge in [0.05, 0.1) is 17.0 Å². The number of carbonyl (C=O) groups excluding carboxylic acids is 1. The number of rotatable bonds is 8. The van der Waals surface area contributed by atoms with Crippen molar-refractivity contribution in [3.05, 3.63) is 59.4 Å². The van der Waals surface area contributed by atoms with Crippen LogP contribution in [-0.4, -0.2) is 72.9 Å². The van der Waals surface area contributed by atoms with E-state index in [-0.39, 0.29) is 23.5 Å². The minimum atomic E-state index is -4.34. The van der Waals surface area contributed by atoms with Crippen molar-refractivity contribution in [3.63, 3.8) is 0 Å². The molecule has 1 amide bonds. The van der Waals surface area contributed by atoms with Crippen molar-refractivity contribution in [1.82, 2.24) is 18.9 Å². The number of guanidine groups is 1. The molecule has 1 saturated carbocycles. The van der Waals surface area contributed by atoms with Gasteiger partial charge in [-0.25, -0.2) is 39.2 Å². The number of hydrogen-bond acceptors (Lipinski definition) is 7. The zero-order valence-corrected chi connectivity index (χ0v) is 22.5. The van der Waals surface area contributed by atoms with Gasteiger partial charge in [0.25, 0.3) is 5.91 Å². The topological polar surface area (TPSA) is 153 Å². The maximum atomic E-state index is 15.3. The van der Waals surface area contributed by atoms with E-state index in [0.29, 0.717) is 17.1 Å². The smallest absolute Gasteiger partial charge is 0.274 e. The fraction of sp³-hybridized carbons (Fsp3) is 0.435. The summed E-state index contributed by atoms with van der Waals surface area (Å²) in [6.45, 7) is 2.49. The number of amides is 1. The lowest BCUT2D eigenvalue weighted by Crippen LogP contribution is -2.68. The van der Waals surface area contributed by atoms with Gasteiger partial charge in [0.2, 0.25) is 26.0 Å². The van der Waals surface area contributed by atoms with E-state index in [4.69, 9.17) is 5.41 Å². The lowest BCUT2D eigenvalue weighted by atomic mass is 9.87. The molecule has 1 aromatic carbocycles. The molecule has 0 spiro atoms. The molecule has 2 aliphatic rings. The molecule has 0 bridgehead atoms. The first-order valence-corrected chi connectivity index (χ1v) is 14.8. The minimum Gasteiger partial charge on any atom is -0.345 e. The standard InChI is InChI=1S/C23H28F2N6O5S2/c1-4-31(37(33,34)16-7-8-16)13-20-23(2,29-22(26)30(3)38(20,35)36)17-11-15(6-9-18(17)25)28-21(32)19-10-5-14(24)12-27-19/h5-6,9-12,16,20H,4,7-8,13H2,1-3H3,(H2,26,29)(H,28,32)/t20-,23+/m0/s1. The van der Waals surface area contributed by atoms with Crippen molar-refractivity contribution in [1.29, 1.82) is 5.41 Å². The molecule has 15 heteroatoms. The monoisotopic (exact) mass is 570 g/mol. The molecule has 1 aliphatic carbocycles.